The molecule has 0 aromatic heterocycles. The summed E-state index contributed by atoms with van der Waals surface area (Å²) in [6.07, 6.45) is 0. The molecule has 26 heavy (non-hydrogen) atoms. The molecule has 1 aliphatic rings. The second-order valence-corrected chi connectivity index (χ2v) is 6.67. The summed E-state index contributed by atoms with van der Waals surface area (Å²) in [6.45, 7) is 5.25. The molecule has 0 saturated carbocycles. The van der Waals surface area contributed by atoms with Gasteiger partial charge in [-0.25, -0.2) is 9.59 Å². The van der Waals surface area contributed by atoms with Crippen LogP contribution in [0.1, 0.15) is 36.1 Å². The van der Waals surface area contributed by atoms with Crippen molar-refractivity contribution in [1.29, 1.82) is 0 Å². The molecule has 0 amide bonds. The molecule has 2 atom stereocenters. The van der Waals surface area contributed by atoms with Crippen LogP contribution in [-0.2, 0) is 30.0 Å². The second-order valence-electron chi connectivity index (χ2n) is 6.67. The lowest BCUT2D eigenvalue weighted by Crippen LogP contribution is -2.52. The topological polar surface area (TPSA) is 149 Å². The molecule has 2 rings (SSSR count). The molecular weight excluding hydrogens is 344 g/mol. The van der Waals surface area contributed by atoms with Gasteiger partial charge in [-0.3, -0.25) is 9.59 Å². The molecule has 0 aliphatic heterocycles. The largest absolute Gasteiger partial charge is 0.480 e. The van der Waals surface area contributed by atoms with E-state index in [0.717, 1.165) is 13.8 Å². The van der Waals surface area contributed by atoms with E-state index in [2.05, 4.69) is 0 Å². The Kier molecular flexibility index (Phi) is 4.19. The molecule has 138 valence electrons. The summed E-state index contributed by atoms with van der Waals surface area (Å²) in [5.74, 6) is -6.72. The number of rotatable bonds is 4. The fourth-order valence-electron chi connectivity index (χ4n) is 3.92. The summed E-state index contributed by atoms with van der Waals surface area (Å²) in [5.41, 5.74) is -5.63. The van der Waals surface area contributed by atoms with Crippen LogP contribution in [0.15, 0.2) is 23.3 Å². The molecule has 8 heteroatoms. The van der Waals surface area contributed by atoms with E-state index >= 15 is 0 Å². The van der Waals surface area contributed by atoms with Gasteiger partial charge in [-0.05, 0) is 49.9 Å². The van der Waals surface area contributed by atoms with E-state index in [1.165, 1.54) is 13.8 Å². The van der Waals surface area contributed by atoms with Crippen molar-refractivity contribution in [2.75, 3.05) is 0 Å². The molecule has 1 aliphatic carbocycles. The Balaban J connectivity index is 3.29. The maximum Gasteiger partial charge on any atom is 0.333 e. The van der Waals surface area contributed by atoms with Gasteiger partial charge in [0, 0.05) is 0 Å². The number of carboxylic acids is 4. The smallest absolute Gasteiger partial charge is 0.333 e. The van der Waals surface area contributed by atoms with E-state index in [4.69, 9.17) is 0 Å². The first-order chi connectivity index (χ1) is 11.8. The van der Waals surface area contributed by atoms with Gasteiger partial charge < -0.3 is 20.4 Å². The zero-order valence-electron chi connectivity index (χ0n) is 14.6. The molecule has 0 spiro atoms. The molecule has 1 aromatic carbocycles. The first-order valence-electron chi connectivity index (χ1n) is 7.62. The minimum atomic E-state index is -2.22. The fraction of sp³-hybridized carbons (Fsp3) is 0.333. The lowest BCUT2D eigenvalue weighted by atomic mass is 9.56. The number of carboxylic acid groups (broad SMARTS) is 4. The van der Waals surface area contributed by atoms with Crippen molar-refractivity contribution in [3.8, 4) is 0 Å². The predicted molar refractivity (Wildman–Crippen MR) is 88.2 cm³/mol. The van der Waals surface area contributed by atoms with Crippen molar-refractivity contribution in [1.82, 2.24) is 0 Å². The van der Waals surface area contributed by atoms with Gasteiger partial charge in [0.05, 0.1) is 11.1 Å². The third-order valence-corrected chi connectivity index (χ3v) is 5.16. The van der Waals surface area contributed by atoms with E-state index in [1.807, 2.05) is 0 Å². The second kappa shape index (κ2) is 5.69. The van der Waals surface area contributed by atoms with Crippen molar-refractivity contribution < 1.29 is 39.6 Å². The Morgan fingerprint density at radius 3 is 1.15 bits per heavy atom. The van der Waals surface area contributed by atoms with Crippen LogP contribution in [-0.4, -0.2) is 44.3 Å². The normalized spacial score (nSPS) is 24.8. The molecule has 0 bridgehead atoms. The minimum absolute atomic E-state index is 0.00250. The number of aliphatic carboxylic acids is 4. The van der Waals surface area contributed by atoms with Gasteiger partial charge in [-0.15, -0.1) is 0 Å². The molecule has 1 aromatic rings. The molecule has 0 saturated heterocycles. The van der Waals surface area contributed by atoms with Crippen molar-refractivity contribution in [2.45, 2.75) is 38.5 Å². The lowest BCUT2D eigenvalue weighted by molar-refractivity contribution is -0.148. The Morgan fingerprint density at radius 2 is 0.962 bits per heavy atom. The zero-order valence-corrected chi connectivity index (χ0v) is 14.6. The minimum Gasteiger partial charge on any atom is -0.480 e. The van der Waals surface area contributed by atoms with E-state index in [1.54, 1.807) is 12.1 Å². The molecule has 4 N–H and O–H groups in total. The first-order valence-corrected chi connectivity index (χ1v) is 7.62. The molecule has 8 nitrogen and oxygen atoms in total. The van der Waals surface area contributed by atoms with Gasteiger partial charge >= 0.3 is 23.9 Å². The molecule has 0 radical (unpaired) electrons. The predicted octanol–water partition coefficient (Wildman–Crippen LogP) is 1.47. The summed E-state index contributed by atoms with van der Waals surface area (Å²) < 4.78 is 0. The van der Waals surface area contributed by atoms with Crippen LogP contribution < -0.4 is 0 Å². The van der Waals surface area contributed by atoms with Crippen LogP contribution in [0, 0.1) is 13.8 Å². The highest BCUT2D eigenvalue weighted by atomic mass is 16.4. The van der Waals surface area contributed by atoms with Crippen LogP contribution in [0.25, 0.3) is 0 Å². The van der Waals surface area contributed by atoms with Crippen molar-refractivity contribution >= 4 is 23.9 Å². The van der Waals surface area contributed by atoms with E-state index in [-0.39, 0.29) is 11.1 Å². The highest BCUT2D eigenvalue weighted by molar-refractivity contribution is 6.13. The van der Waals surface area contributed by atoms with Gasteiger partial charge in [0.1, 0.15) is 10.8 Å². The summed E-state index contributed by atoms with van der Waals surface area (Å²) in [4.78, 5) is 48.1. The third-order valence-electron chi connectivity index (χ3n) is 5.16. The standard InChI is InChI=1S/C18H18O8/c1-7-5-6-8(2)10-9(7)17(3,15(23)24)11(13(19)20)12(14(21)22)18(10,4)16(25)26/h5-6H,1-4H3,(H,19,20)(H,21,22)(H,23,24)(H,25,26). The average molecular weight is 362 g/mol. The monoisotopic (exact) mass is 362 g/mol. The van der Waals surface area contributed by atoms with Crippen LogP contribution in [0.5, 0.6) is 0 Å². The maximum atomic E-state index is 12.1. The number of aryl methyl sites for hydroxylation is 2. The third kappa shape index (κ3) is 2.15. The number of carbonyl (C=O) groups is 4. The van der Waals surface area contributed by atoms with Gasteiger partial charge in [-0.2, -0.15) is 0 Å². The highest BCUT2D eigenvalue weighted by Crippen LogP contribution is 2.52. The van der Waals surface area contributed by atoms with Crippen molar-refractivity contribution in [2.24, 2.45) is 0 Å². The van der Waals surface area contributed by atoms with Crippen LogP contribution in [0.3, 0.4) is 0 Å². The summed E-state index contributed by atoms with van der Waals surface area (Å²) in [6, 6.07) is 3.12. The lowest BCUT2D eigenvalue weighted by Gasteiger charge is -2.43. The molecule has 2 unspecified atom stereocenters. The number of benzene rings is 1. The number of hydrogen-bond acceptors (Lipinski definition) is 4. The van der Waals surface area contributed by atoms with Crippen LogP contribution >= 0.6 is 0 Å². The Bertz CT molecular complexity index is 837. The van der Waals surface area contributed by atoms with Crippen LogP contribution in [0.4, 0.5) is 0 Å². The molecule has 0 heterocycles. The maximum absolute atomic E-state index is 12.1. The fourth-order valence-corrected chi connectivity index (χ4v) is 3.92. The van der Waals surface area contributed by atoms with E-state index in [9.17, 15) is 39.6 Å². The van der Waals surface area contributed by atoms with Crippen LogP contribution in [0.2, 0.25) is 0 Å². The Hall–Kier alpha value is -3.16. The average Bonchev–Trinajstić information content (AvgIpc) is 2.51. The number of fused-ring (bicyclic) bond motifs is 1. The van der Waals surface area contributed by atoms with E-state index in [0.29, 0.717) is 11.1 Å². The SMILES string of the molecule is Cc1ccc(C)c2c1C(C)(C(=O)O)C(C(=O)O)=C(C(=O)O)C2(C)C(=O)O. The number of hydrogen-bond donors (Lipinski definition) is 4. The summed E-state index contributed by atoms with van der Waals surface area (Å²) in [7, 11) is 0. The first kappa shape index (κ1) is 19.2. The zero-order chi connectivity index (χ0) is 20.2. The van der Waals surface area contributed by atoms with Gasteiger partial charge in [-0.1, -0.05) is 12.1 Å². The molecule has 0 fully saturated rings. The van der Waals surface area contributed by atoms with Gasteiger partial charge in [0.2, 0.25) is 0 Å². The highest BCUT2D eigenvalue weighted by Gasteiger charge is 2.60. The summed E-state index contributed by atoms with van der Waals surface area (Å²) >= 11 is 0. The van der Waals surface area contributed by atoms with Crippen molar-refractivity contribution in [3.63, 3.8) is 0 Å². The van der Waals surface area contributed by atoms with E-state index < -0.39 is 45.9 Å². The quantitative estimate of drug-likeness (QED) is 0.629. The molecular formula is C18H18O8. The van der Waals surface area contributed by atoms with Crippen molar-refractivity contribution in [3.05, 3.63) is 45.5 Å². The Morgan fingerprint density at radius 1 is 0.692 bits per heavy atom. The van der Waals surface area contributed by atoms with Gasteiger partial charge in [0.25, 0.3) is 0 Å². The Labute approximate surface area is 148 Å². The van der Waals surface area contributed by atoms with Gasteiger partial charge in [0.15, 0.2) is 0 Å². The summed E-state index contributed by atoms with van der Waals surface area (Å²) in [5, 5.41) is 39.0.